The van der Waals surface area contributed by atoms with Crippen LogP contribution in [0, 0.1) is 11.8 Å². The van der Waals surface area contributed by atoms with E-state index in [9.17, 15) is 35.9 Å². The number of benzene rings is 2. The van der Waals surface area contributed by atoms with Crippen LogP contribution in [0.2, 0.25) is 0 Å². The lowest BCUT2D eigenvalue weighted by atomic mass is 9.82. The van der Waals surface area contributed by atoms with E-state index in [0.29, 0.717) is 24.0 Å². The summed E-state index contributed by atoms with van der Waals surface area (Å²) in [5.74, 6) is -3.79. The number of ether oxygens (including phenoxy) is 2. The number of esters is 2. The van der Waals surface area contributed by atoms with Crippen molar-refractivity contribution in [1.82, 2.24) is 0 Å². The molecule has 0 amide bonds. The van der Waals surface area contributed by atoms with Crippen molar-refractivity contribution in [2.75, 3.05) is 13.2 Å². The standard InChI is InChI=1S/C34H42F6O4/c1-23-9-5-3-7-11-26-15-19-28(20-16-26)30(32(42)44-22-34(38,39)40)24(2)10-6-4-8-12-25-13-17-27(18-14-25)29(23)31(41)43-21-33(35,36)37/h13-20,23-24,29-30H,3-12,21-22H2,1-2H3/t23-,24-,29+,30+/m1/s1. The molecule has 0 aromatic heterocycles. The second kappa shape index (κ2) is 16.3. The van der Waals surface area contributed by atoms with Crippen molar-refractivity contribution in [3.63, 3.8) is 0 Å². The van der Waals surface area contributed by atoms with E-state index < -0.39 is 49.3 Å². The SMILES string of the molecule is C[C@@H]1CCCCCc2ccc(cc2)[C@@H](C(=O)OCC(F)(F)F)[C@H](C)CCCCCc2ccc(cc2)[C@H]1C(=O)OCC(F)(F)F. The van der Waals surface area contributed by atoms with Gasteiger partial charge >= 0.3 is 24.3 Å². The maximum atomic E-state index is 12.8. The Bertz CT molecular complexity index is 1080. The van der Waals surface area contributed by atoms with Crippen LogP contribution in [0.5, 0.6) is 0 Å². The van der Waals surface area contributed by atoms with Gasteiger partial charge in [0.1, 0.15) is 0 Å². The molecular weight excluding hydrogens is 586 g/mol. The van der Waals surface area contributed by atoms with Gasteiger partial charge in [-0.3, -0.25) is 9.59 Å². The molecule has 10 heteroatoms. The molecule has 2 aromatic rings. The molecule has 2 aromatic carbocycles. The number of hydrogen-bond acceptors (Lipinski definition) is 4. The van der Waals surface area contributed by atoms with Crippen LogP contribution in [0.3, 0.4) is 0 Å². The van der Waals surface area contributed by atoms with Gasteiger partial charge in [-0.2, -0.15) is 26.3 Å². The first-order chi connectivity index (χ1) is 20.7. The fourth-order valence-electron chi connectivity index (χ4n) is 5.94. The summed E-state index contributed by atoms with van der Waals surface area (Å²) in [7, 11) is 0. The van der Waals surface area contributed by atoms with Gasteiger partial charge in [-0.25, -0.2) is 0 Å². The average Bonchev–Trinajstić information content (AvgIpc) is 2.95. The molecule has 4 atom stereocenters. The fourth-order valence-corrected chi connectivity index (χ4v) is 5.94. The minimum atomic E-state index is -4.60. The third-order valence-electron chi connectivity index (χ3n) is 8.33. The summed E-state index contributed by atoms with van der Waals surface area (Å²) < 4.78 is 86.0. The van der Waals surface area contributed by atoms with Gasteiger partial charge in [0.25, 0.3) is 0 Å². The predicted molar refractivity (Wildman–Crippen MR) is 155 cm³/mol. The lowest BCUT2D eigenvalue weighted by Crippen LogP contribution is -2.27. The van der Waals surface area contributed by atoms with Gasteiger partial charge in [0.05, 0.1) is 11.8 Å². The van der Waals surface area contributed by atoms with Gasteiger partial charge in [-0.15, -0.1) is 0 Å². The number of halogens is 6. The molecule has 6 rings (SSSR count). The Labute approximate surface area is 255 Å². The van der Waals surface area contributed by atoms with Crippen LogP contribution in [0.4, 0.5) is 26.3 Å². The van der Waals surface area contributed by atoms with Gasteiger partial charge in [-0.1, -0.05) is 88.1 Å². The normalized spacial score (nSPS) is 22.9. The molecular formula is C34H42F6O4. The summed E-state index contributed by atoms with van der Waals surface area (Å²) >= 11 is 0. The summed E-state index contributed by atoms with van der Waals surface area (Å²) in [4.78, 5) is 25.7. The molecule has 0 saturated carbocycles. The molecule has 0 fully saturated rings. The number of carbonyl (C=O) groups is 2. The third-order valence-corrected chi connectivity index (χ3v) is 8.33. The molecule has 0 radical (unpaired) electrons. The Kier molecular flexibility index (Phi) is 13.1. The number of aryl methyl sites for hydroxylation is 2. The smallest absolute Gasteiger partial charge is 0.422 e. The Morgan fingerprint density at radius 3 is 1.25 bits per heavy atom. The van der Waals surface area contributed by atoms with E-state index in [2.05, 4.69) is 9.47 Å². The Morgan fingerprint density at radius 1 is 0.591 bits per heavy atom. The van der Waals surface area contributed by atoms with E-state index in [1.807, 2.05) is 38.1 Å². The second-order valence-corrected chi connectivity index (χ2v) is 12.0. The molecule has 0 spiro atoms. The number of rotatable bonds is 4. The first-order valence-electron chi connectivity index (χ1n) is 15.4. The zero-order chi connectivity index (χ0) is 32.3. The summed E-state index contributed by atoms with van der Waals surface area (Å²) in [6.07, 6.45) is -1.58. The zero-order valence-electron chi connectivity index (χ0n) is 25.3. The summed E-state index contributed by atoms with van der Waals surface area (Å²) in [5, 5.41) is 0. The zero-order valence-corrected chi connectivity index (χ0v) is 25.3. The topological polar surface area (TPSA) is 52.6 Å². The van der Waals surface area contributed by atoms with E-state index >= 15 is 0 Å². The van der Waals surface area contributed by atoms with E-state index in [0.717, 1.165) is 62.5 Å². The predicted octanol–water partition coefficient (Wildman–Crippen LogP) is 9.26. The average molecular weight is 629 g/mol. The van der Waals surface area contributed by atoms with Crippen LogP contribution in [0.15, 0.2) is 48.5 Å². The summed E-state index contributed by atoms with van der Waals surface area (Å²) in [6, 6.07) is 14.7. The van der Waals surface area contributed by atoms with Gasteiger partial charge < -0.3 is 9.47 Å². The van der Waals surface area contributed by atoms with Crippen LogP contribution in [-0.4, -0.2) is 37.5 Å². The molecule has 4 bridgehead atoms. The number of carbonyl (C=O) groups excluding carboxylic acids is 2. The number of hydrogen-bond donors (Lipinski definition) is 0. The molecule has 4 aliphatic carbocycles. The lowest BCUT2D eigenvalue weighted by molar-refractivity contribution is -0.188. The van der Waals surface area contributed by atoms with Crippen molar-refractivity contribution in [2.45, 2.75) is 102 Å². The van der Waals surface area contributed by atoms with Crippen molar-refractivity contribution in [3.05, 3.63) is 70.8 Å². The molecule has 44 heavy (non-hydrogen) atoms. The maximum absolute atomic E-state index is 12.8. The molecule has 0 N–H and O–H groups in total. The van der Waals surface area contributed by atoms with E-state index in [1.165, 1.54) is 0 Å². The summed E-state index contributed by atoms with van der Waals surface area (Å²) in [6.45, 7) is 0.504. The van der Waals surface area contributed by atoms with Crippen LogP contribution < -0.4 is 0 Å². The molecule has 244 valence electrons. The minimum absolute atomic E-state index is 0.227. The Balaban J connectivity index is 1.76. The Hall–Kier alpha value is -3.04. The van der Waals surface area contributed by atoms with Crippen molar-refractivity contribution < 1.29 is 45.4 Å². The second-order valence-electron chi connectivity index (χ2n) is 12.0. The maximum Gasteiger partial charge on any atom is 0.422 e. The first kappa shape index (κ1) is 35.4. The van der Waals surface area contributed by atoms with Crippen molar-refractivity contribution >= 4 is 11.9 Å². The van der Waals surface area contributed by atoms with E-state index in [-0.39, 0.29) is 11.8 Å². The molecule has 0 aliphatic heterocycles. The molecule has 4 nitrogen and oxygen atoms in total. The van der Waals surface area contributed by atoms with Crippen molar-refractivity contribution in [2.24, 2.45) is 11.8 Å². The highest BCUT2D eigenvalue weighted by Crippen LogP contribution is 2.33. The monoisotopic (exact) mass is 628 g/mol. The molecule has 4 aliphatic rings. The highest BCUT2D eigenvalue weighted by atomic mass is 19.4. The van der Waals surface area contributed by atoms with Gasteiger partial charge in [-0.05, 0) is 72.6 Å². The number of alkyl halides is 6. The fraction of sp³-hybridized carbons (Fsp3) is 0.588. The summed E-state index contributed by atoms with van der Waals surface area (Å²) in [5.41, 5.74) is 3.31. The van der Waals surface area contributed by atoms with E-state index in [4.69, 9.17) is 0 Å². The lowest BCUT2D eigenvalue weighted by Gasteiger charge is -2.24. The minimum Gasteiger partial charge on any atom is -0.456 e. The van der Waals surface area contributed by atoms with Gasteiger partial charge in [0, 0.05) is 0 Å². The first-order valence-corrected chi connectivity index (χ1v) is 15.4. The molecule has 0 unspecified atom stereocenters. The van der Waals surface area contributed by atoms with Gasteiger partial charge in [0.15, 0.2) is 13.2 Å². The van der Waals surface area contributed by atoms with Crippen LogP contribution in [0.1, 0.15) is 99.3 Å². The third kappa shape index (κ3) is 11.8. The highest BCUT2D eigenvalue weighted by Gasteiger charge is 2.35. The van der Waals surface area contributed by atoms with Crippen LogP contribution in [-0.2, 0) is 31.9 Å². The van der Waals surface area contributed by atoms with Crippen molar-refractivity contribution in [3.8, 4) is 0 Å². The highest BCUT2D eigenvalue weighted by molar-refractivity contribution is 5.79. The largest absolute Gasteiger partial charge is 0.456 e. The van der Waals surface area contributed by atoms with Crippen LogP contribution >= 0.6 is 0 Å². The molecule has 0 saturated heterocycles. The van der Waals surface area contributed by atoms with E-state index in [1.54, 1.807) is 24.3 Å². The molecule has 0 heterocycles. The van der Waals surface area contributed by atoms with Crippen LogP contribution in [0.25, 0.3) is 0 Å². The quantitative estimate of drug-likeness (QED) is 0.250. The van der Waals surface area contributed by atoms with Gasteiger partial charge in [0.2, 0.25) is 0 Å². The van der Waals surface area contributed by atoms with Crippen molar-refractivity contribution in [1.29, 1.82) is 0 Å². The Morgan fingerprint density at radius 2 is 0.932 bits per heavy atom.